The smallest absolute Gasteiger partial charge is 0.276 e. The minimum Gasteiger partial charge on any atom is -0.368 e. The average Bonchev–Trinajstić information content (AvgIpc) is 2.36. The highest BCUT2D eigenvalue weighted by molar-refractivity contribution is 5.54. The molecule has 20 heavy (non-hydrogen) atoms. The fourth-order valence-corrected chi connectivity index (χ4v) is 2.41. The minimum absolute atomic E-state index is 0.0389. The lowest BCUT2D eigenvalue weighted by Crippen LogP contribution is -2.54. The molecule has 0 bridgehead atoms. The molecule has 8 nitrogen and oxygen atoms in total. The van der Waals surface area contributed by atoms with E-state index in [9.17, 15) is 10.1 Å². The monoisotopic (exact) mass is 280 g/mol. The Labute approximate surface area is 117 Å². The van der Waals surface area contributed by atoms with E-state index in [1.165, 1.54) is 18.6 Å². The normalized spacial score (nSPS) is 16.6. The van der Waals surface area contributed by atoms with E-state index in [1.807, 2.05) is 0 Å². The SMILES string of the molecule is CN(C)C1(CNc2cc([N+](=O)[O-])cc(NN)n2)CCC1. The van der Waals surface area contributed by atoms with Gasteiger partial charge in [0, 0.05) is 12.1 Å². The van der Waals surface area contributed by atoms with Gasteiger partial charge in [-0.1, -0.05) is 0 Å². The van der Waals surface area contributed by atoms with Crippen LogP contribution < -0.4 is 16.6 Å². The molecule has 0 atom stereocenters. The quantitative estimate of drug-likeness (QED) is 0.407. The lowest BCUT2D eigenvalue weighted by atomic mass is 9.75. The van der Waals surface area contributed by atoms with E-state index in [4.69, 9.17) is 5.84 Å². The summed E-state index contributed by atoms with van der Waals surface area (Å²) in [6, 6.07) is 2.72. The second-order valence-electron chi connectivity index (χ2n) is 5.32. The maximum Gasteiger partial charge on any atom is 0.276 e. The van der Waals surface area contributed by atoms with Crippen LogP contribution in [0.3, 0.4) is 0 Å². The van der Waals surface area contributed by atoms with Crippen LogP contribution in [-0.2, 0) is 0 Å². The van der Waals surface area contributed by atoms with Crippen LogP contribution in [0.4, 0.5) is 17.3 Å². The van der Waals surface area contributed by atoms with Crippen LogP contribution in [-0.4, -0.2) is 41.0 Å². The highest BCUT2D eigenvalue weighted by atomic mass is 16.6. The Bertz CT molecular complexity index is 501. The Hall–Kier alpha value is -1.93. The molecule has 4 N–H and O–H groups in total. The van der Waals surface area contributed by atoms with Gasteiger partial charge in [0.25, 0.3) is 5.69 Å². The van der Waals surface area contributed by atoms with E-state index in [-0.39, 0.29) is 17.0 Å². The third-order valence-corrected chi connectivity index (χ3v) is 4.00. The molecule has 0 saturated heterocycles. The molecule has 1 aromatic rings. The van der Waals surface area contributed by atoms with Gasteiger partial charge in [-0.05, 0) is 33.4 Å². The Kier molecular flexibility index (Phi) is 4.05. The zero-order valence-corrected chi connectivity index (χ0v) is 11.7. The molecule has 1 aliphatic rings. The Morgan fingerprint density at radius 2 is 2.10 bits per heavy atom. The lowest BCUT2D eigenvalue weighted by Gasteiger charge is -2.47. The van der Waals surface area contributed by atoms with Gasteiger partial charge < -0.3 is 15.6 Å². The number of hydrazine groups is 1. The molecule has 1 aliphatic carbocycles. The average molecular weight is 280 g/mol. The van der Waals surface area contributed by atoms with Crippen molar-refractivity contribution in [1.29, 1.82) is 0 Å². The molecule has 1 saturated carbocycles. The summed E-state index contributed by atoms with van der Waals surface area (Å²) in [7, 11) is 4.10. The van der Waals surface area contributed by atoms with Crippen molar-refractivity contribution in [2.24, 2.45) is 5.84 Å². The number of hydrogen-bond acceptors (Lipinski definition) is 7. The number of nitrogens with zero attached hydrogens (tertiary/aromatic N) is 3. The Balaban J connectivity index is 2.12. The van der Waals surface area contributed by atoms with Gasteiger partial charge in [-0.2, -0.15) is 0 Å². The summed E-state index contributed by atoms with van der Waals surface area (Å²) in [6.07, 6.45) is 3.44. The number of rotatable bonds is 6. The minimum atomic E-state index is -0.460. The first-order chi connectivity index (χ1) is 9.47. The number of anilines is 2. The van der Waals surface area contributed by atoms with Crippen molar-refractivity contribution in [3.63, 3.8) is 0 Å². The maximum absolute atomic E-state index is 10.9. The summed E-state index contributed by atoms with van der Waals surface area (Å²) in [5.74, 6) is 6.02. The number of nitrogens with two attached hydrogens (primary N) is 1. The standard InChI is InChI=1S/C12H20N6O2/c1-17(2)12(4-3-5-12)8-14-10-6-9(18(19)20)7-11(15-10)16-13/h6-7H,3-5,8,13H2,1-2H3,(H2,14,15,16). The van der Waals surface area contributed by atoms with Crippen molar-refractivity contribution in [2.45, 2.75) is 24.8 Å². The van der Waals surface area contributed by atoms with Gasteiger partial charge in [-0.25, -0.2) is 10.8 Å². The van der Waals surface area contributed by atoms with E-state index in [0.29, 0.717) is 12.4 Å². The molecule has 0 aliphatic heterocycles. The van der Waals surface area contributed by atoms with Gasteiger partial charge in [-0.3, -0.25) is 10.1 Å². The summed E-state index contributed by atoms with van der Waals surface area (Å²) in [5, 5.41) is 14.1. The molecule has 1 fully saturated rings. The number of aromatic nitrogens is 1. The van der Waals surface area contributed by atoms with Crippen molar-refractivity contribution in [2.75, 3.05) is 31.4 Å². The van der Waals surface area contributed by atoms with Crippen LogP contribution in [0.5, 0.6) is 0 Å². The van der Waals surface area contributed by atoms with Crippen molar-refractivity contribution in [3.8, 4) is 0 Å². The number of hydrogen-bond donors (Lipinski definition) is 3. The summed E-state index contributed by atoms with van der Waals surface area (Å²) in [4.78, 5) is 16.8. The van der Waals surface area contributed by atoms with E-state index >= 15 is 0 Å². The zero-order valence-electron chi connectivity index (χ0n) is 11.7. The molecule has 8 heteroatoms. The van der Waals surface area contributed by atoms with Gasteiger partial charge >= 0.3 is 0 Å². The fraction of sp³-hybridized carbons (Fsp3) is 0.583. The van der Waals surface area contributed by atoms with Gasteiger partial charge in [-0.15, -0.1) is 0 Å². The predicted octanol–water partition coefficient (Wildman–Crippen LogP) is 1.17. The molecular weight excluding hydrogens is 260 g/mol. The van der Waals surface area contributed by atoms with Gasteiger partial charge in [0.05, 0.1) is 17.1 Å². The van der Waals surface area contributed by atoms with E-state index in [1.54, 1.807) is 0 Å². The molecule has 110 valence electrons. The molecule has 0 unspecified atom stereocenters. The predicted molar refractivity (Wildman–Crippen MR) is 77.5 cm³/mol. The van der Waals surface area contributed by atoms with Gasteiger partial charge in [0.1, 0.15) is 11.6 Å². The molecule has 0 spiro atoms. The molecule has 1 heterocycles. The third-order valence-electron chi connectivity index (χ3n) is 4.00. The molecule has 1 aromatic heterocycles. The second-order valence-corrected chi connectivity index (χ2v) is 5.32. The first-order valence-electron chi connectivity index (χ1n) is 6.51. The topological polar surface area (TPSA) is 109 Å². The lowest BCUT2D eigenvalue weighted by molar-refractivity contribution is -0.384. The first kappa shape index (κ1) is 14.5. The van der Waals surface area contributed by atoms with Crippen molar-refractivity contribution in [1.82, 2.24) is 9.88 Å². The fourth-order valence-electron chi connectivity index (χ4n) is 2.41. The van der Waals surface area contributed by atoms with E-state index in [2.05, 4.69) is 34.7 Å². The largest absolute Gasteiger partial charge is 0.368 e. The Morgan fingerprint density at radius 3 is 2.55 bits per heavy atom. The van der Waals surface area contributed by atoms with Crippen molar-refractivity contribution < 1.29 is 4.92 Å². The third kappa shape index (κ3) is 2.81. The van der Waals surface area contributed by atoms with Crippen LogP contribution in [0.25, 0.3) is 0 Å². The molecular formula is C12H20N6O2. The van der Waals surface area contributed by atoms with Gasteiger partial charge in [0.2, 0.25) is 0 Å². The van der Waals surface area contributed by atoms with E-state index < -0.39 is 4.92 Å². The summed E-state index contributed by atoms with van der Waals surface area (Å²) in [5.41, 5.74) is 2.42. The summed E-state index contributed by atoms with van der Waals surface area (Å²) < 4.78 is 0. The number of nitrogen functional groups attached to an aromatic ring is 1. The van der Waals surface area contributed by atoms with Crippen LogP contribution in [0.15, 0.2) is 12.1 Å². The highest BCUT2D eigenvalue weighted by Gasteiger charge is 2.38. The van der Waals surface area contributed by atoms with E-state index in [0.717, 1.165) is 12.8 Å². The van der Waals surface area contributed by atoms with Gasteiger partial charge in [0.15, 0.2) is 0 Å². The number of nitrogens with one attached hydrogen (secondary N) is 2. The molecule has 0 radical (unpaired) electrons. The Morgan fingerprint density at radius 1 is 1.45 bits per heavy atom. The molecule has 0 aromatic carbocycles. The van der Waals surface area contributed by atoms with Crippen LogP contribution >= 0.6 is 0 Å². The summed E-state index contributed by atoms with van der Waals surface area (Å²) >= 11 is 0. The highest BCUT2D eigenvalue weighted by Crippen LogP contribution is 2.36. The molecule has 2 rings (SSSR count). The number of nitro groups is 1. The first-order valence-corrected chi connectivity index (χ1v) is 6.51. The summed E-state index contributed by atoms with van der Waals surface area (Å²) in [6.45, 7) is 0.707. The van der Waals surface area contributed by atoms with Crippen molar-refractivity contribution >= 4 is 17.3 Å². The second kappa shape index (κ2) is 5.59. The van der Waals surface area contributed by atoms with Crippen molar-refractivity contribution in [3.05, 3.63) is 22.2 Å². The number of likely N-dealkylation sites (N-methyl/N-ethyl adjacent to an activating group) is 1. The van der Waals surface area contributed by atoms with Crippen LogP contribution in [0, 0.1) is 10.1 Å². The molecule has 0 amide bonds. The number of pyridine rings is 1. The zero-order chi connectivity index (χ0) is 14.8. The van der Waals surface area contributed by atoms with Crippen LogP contribution in [0.1, 0.15) is 19.3 Å². The maximum atomic E-state index is 10.9. The van der Waals surface area contributed by atoms with Crippen LogP contribution in [0.2, 0.25) is 0 Å².